The Labute approximate surface area is 170 Å². The summed E-state index contributed by atoms with van der Waals surface area (Å²) in [6.07, 6.45) is 1.56. The Morgan fingerprint density at radius 1 is 1.03 bits per heavy atom. The van der Waals surface area contributed by atoms with Gasteiger partial charge in [-0.1, -0.05) is 12.1 Å². The van der Waals surface area contributed by atoms with E-state index in [2.05, 4.69) is 5.10 Å². The quantitative estimate of drug-likeness (QED) is 0.524. The van der Waals surface area contributed by atoms with Gasteiger partial charge < -0.3 is 14.2 Å². The van der Waals surface area contributed by atoms with Crippen LogP contribution < -0.4 is 5.56 Å². The summed E-state index contributed by atoms with van der Waals surface area (Å²) in [6, 6.07) is 13.1. The lowest BCUT2D eigenvalue weighted by Gasteiger charge is -2.27. The zero-order chi connectivity index (χ0) is 20.7. The fraction of sp³-hybridized carbons (Fsp3) is 0.227. The van der Waals surface area contributed by atoms with Gasteiger partial charge in [0, 0.05) is 18.7 Å². The molecule has 5 rings (SSSR count). The first-order chi connectivity index (χ1) is 14.6. The topological polar surface area (TPSA) is 68.8 Å². The summed E-state index contributed by atoms with van der Waals surface area (Å²) >= 11 is 0. The standard InChI is InChI=1S/C22H19FN4O3/c23-17-3-1-2-15(12-17)14-26-20-13-16(21(28)25-8-10-30-11-9-25)4-5-18(20)27-19(22(26)29)6-7-24-27/h1-7,12-13H,8-11,14H2. The summed E-state index contributed by atoms with van der Waals surface area (Å²) in [5, 5.41) is 4.27. The molecule has 0 bridgehead atoms. The van der Waals surface area contributed by atoms with Crippen molar-refractivity contribution in [2.24, 2.45) is 0 Å². The SMILES string of the molecule is O=C(c1ccc2c(c1)n(Cc1cccc(F)c1)c(=O)c1ccnn12)N1CCOCC1. The van der Waals surface area contributed by atoms with Gasteiger partial charge in [0.1, 0.15) is 11.3 Å². The lowest BCUT2D eigenvalue weighted by Crippen LogP contribution is -2.40. The monoisotopic (exact) mass is 406 g/mol. The van der Waals surface area contributed by atoms with Gasteiger partial charge in [-0.2, -0.15) is 5.10 Å². The first-order valence-corrected chi connectivity index (χ1v) is 9.73. The van der Waals surface area contributed by atoms with Gasteiger partial charge in [0.2, 0.25) is 0 Å². The maximum atomic E-state index is 13.7. The van der Waals surface area contributed by atoms with Gasteiger partial charge in [0.05, 0.1) is 37.0 Å². The molecule has 0 N–H and O–H groups in total. The molecule has 7 nitrogen and oxygen atoms in total. The molecule has 8 heteroatoms. The van der Waals surface area contributed by atoms with E-state index in [1.165, 1.54) is 12.1 Å². The highest BCUT2D eigenvalue weighted by atomic mass is 19.1. The normalized spacial score (nSPS) is 14.5. The minimum atomic E-state index is -0.363. The Kier molecular flexibility index (Phi) is 4.55. The van der Waals surface area contributed by atoms with Gasteiger partial charge in [-0.15, -0.1) is 0 Å². The highest BCUT2D eigenvalue weighted by Gasteiger charge is 2.20. The lowest BCUT2D eigenvalue weighted by atomic mass is 10.1. The molecule has 0 spiro atoms. The molecule has 152 valence electrons. The summed E-state index contributed by atoms with van der Waals surface area (Å²) < 4.78 is 22.2. The molecule has 1 aliphatic rings. The maximum Gasteiger partial charge on any atom is 0.277 e. The largest absolute Gasteiger partial charge is 0.378 e. The van der Waals surface area contributed by atoms with E-state index in [-0.39, 0.29) is 23.8 Å². The third kappa shape index (κ3) is 3.15. The van der Waals surface area contributed by atoms with Crippen LogP contribution in [-0.2, 0) is 11.3 Å². The summed E-state index contributed by atoms with van der Waals surface area (Å²) in [6.45, 7) is 2.27. The Hall–Kier alpha value is -3.52. The number of hydrogen-bond acceptors (Lipinski definition) is 4. The van der Waals surface area contributed by atoms with Crippen molar-refractivity contribution >= 4 is 22.5 Å². The summed E-state index contributed by atoms with van der Waals surface area (Å²) in [5.74, 6) is -0.469. The number of benzene rings is 2. The molecule has 2 aromatic heterocycles. The number of halogens is 1. The van der Waals surface area contributed by atoms with Gasteiger partial charge in [-0.3, -0.25) is 9.59 Å². The van der Waals surface area contributed by atoms with Gasteiger partial charge >= 0.3 is 0 Å². The zero-order valence-electron chi connectivity index (χ0n) is 16.1. The van der Waals surface area contributed by atoms with Crippen LogP contribution in [0.25, 0.3) is 16.6 Å². The Bertz CT molecular complexity index is 1320. The average Bonchev–Trinajstić information content (AvgIpc) is 3.27. The number of hydrogen-bond donors (Lipinski definition) is 0. The molecular formula is C22H19FN4O3. The number of nitrogens with zero attached hydrogens (tertiary/aromatic N) is 4. The summed E-state index contributed by atoms with van der Waals surface area (Å²) in [4.78, 5) is 27.9. The Balaban J connectivity index is 1.68. The van der Waals surface area contributed by atoms with E-state index in [9.17, 15) is 14.0 Å². The van der Waals surface area contributed by atoms with Crippen LogP contribution in [0.3, 0.4) is 0 Å². The van der Waals surface area contributed by atoms with Crippen molar-refractivity contribution in [3.63, 3.8) is 0 Å². The molecule has 0 saturated carbocycles. The minimum Gasteiger partial charge on any atom is -0.378 e. The smallest absolute Gasteiger partial charge is 0.277 e. The van der Waals surface area contributed by atoms with Crippen LogP contribution in [0.2, 0.25) is 0 Å². The van der Waals surface area contributed by atoms with Crippen LogP contribution in [0.4, 0.5) is 4.39 Å². The average molecular weight is 406 g/mol. The molecule has 30 heavy (non-hydrogen) atoms. The van der Waals surface area contributed by atoms with Crippen molar-refractivity contribution in [3.8, 4) is 0 Å². The van der Waals surface area contributed by atoms with Crippen LogP contribution in [0, 0.1) is 5.82 Å². The second-order valence-electron chi connectivity index (χ2n) is 7.26. The summed E-state index contributed by atoms with van der Waals surface area (Å²) in [7, 11) is 0. The molecule has 1 fully saturated rings. The molecule has 0 atom stereocenters. The molecule has 1 saturated heterocycles. The molecule has 0 unspecified atom stereocenters. The van der Waals surface area contributed by atoms with Crippen molar-refractivity contribution < 1.29 is 13.9 Å². The first-order valence-electron chi connectivity index (χ1n) is 9.73. The second-order valence-corrected chi connectivity index (χ2v) is 7.26. The third-order valence-corrected chi connectivity index (χ3v) is 5.38. The van der Waals surface area contributed by atoms with Crippen LogP contribution in [0.5, 0.6) is 0 Å². The number of amides is 1. The third-order valence-electron chi connectivity index (χ3n) is 5.38. The Morgan fingerprint density at radius 3 is 2.67 bits per heavy atom. The lowest BCUT2D eigenvalue weighted by molar-refractivity contribution is 0.0303. The van der Waals surface area contributed by atoms with E-state index in [1.807, 2.05) is 0 Å². The number of fused-ring (bicyclic) bond motifs is 3. The van der Waals surface area contributed by atoms with Gasteiger partial charge in [0.25, 0.3) is 11.5 Å². The van der Waals surface area contributed by atoms with Crippen molar-refractivity contribution in [2.75, 3.05) is 26.3 Å². The summed E-state index contributed by atoms with van der Waals surface area (Å²) in [5.41, 5.74) is 2.59. The van der Waals surface area contributed by atoms with Crippen LogP contribution in [0.15, 0.2) is 59.5 Å². The molecule has 1 amide bonds. The van der Waals surface area contributed by atoms with Crippen LogP contribution in [0.1, 0.15) is 15.9 Å². The predicted octanol–water partition coefficient (Wildman–Crippen LogP) is 2.31. The number of carbonyl (C=O) groups excluding carboxylic acids is 1. The molecule has 1 aliphatic heterocycles. The number of ether oxygens (including phenoxy) is 1. The molecule has 3 heterocycles. The number of carbonyl (C=O) groups is 1. The number of aromatic nitrogens is 3. The van der Waals surface area contributed by atoms with E-state index >= 15 is 0 Å². The van der Waals surface area contributed by atoms with Gasteiger partial charge in [-0.05, 0) is 42.0 Å². The molecular weight excluding hydrogens is 387 g/mol. The highest BCUT2D eigenvalue weighted by Crippen LogP contribution is 2.19. The number of morpholine rings is 1. The van der Waals surface area contributed by atoms with Crippen LogP contribution >= 0.6 is 0 Å². The van der Waals surface area contributed by atoms with Crippen molar-refractivity contribution in [1.29, 1.82) is 0 Å². The van der Waals surface area contributed by atoms with Gasteiger partial charge in [-0.25, -0.2) is 8.91 Å². The zero-order valence-corrected chi connectivity index (χ0v) is 16.1. The van der Waals surface area contributed by atoms with Crippen molar-refractivity contribution in [1.82, 2.24) is 19.1 Å². The van der Waals surface area contributed by atoms with E-state index < -0.39 is 0 Å². The minimum absolute atomic E-state index is 0.106. The van der Waals surface area contributed by atoms with Crippen LogP contribution in [-0.4, -0.2) is 51.3 Å². The molecule has 0 aliphatic carbocycles. The second kappa shape index (κ2) is 7.38. The molecule has 2 aromatic carbocycles. The van der Waals surface area contributed by atoms with Gasteiger partial charge in [0.15, 0.2) is 0 Å². The van der Waals surface area contributed by atoms with E-state index in [0.29, 0.717) is 54.0 Å². The van der Waals surface area contributed by atoms with E-state index in [1.54, 1.807) is 56.6 Å². The van der Waals surface area contributed by atoms with Crippen molar-refractivity contribution in [3.05, 3.63) is 82.0 Å². The highest BCUT2D eigenvalue weighted by molar-refractivity contribution is 5.97. The molecule has 4 aromatic rings. The van der Waals surface area contributed by atoms with E-state index in [0.717, 1.165) is 0 Å². The fourth-order valence-corrected chi connectivity index (χ4v) is 3.88. The fourth-order valence-electron chi connectivity index (χ4n) is 3.88. The van der Waals surface area contributed by atoms with Crippen molar-refractivity contribution in [2.45, 2.75) is 6.54 Å². The predicted molar refractivity (Wildman–Crippen MR) is 109 cm³/mol. The number of rotatable bonds is 3. The molecule has 0 radical (unpaired) electrons. The van der Waals surface area contributed by atoms with E-state index in [4.69, 9.17) is 4.74 Å². The first kappa shape index (κ1) is 18.5. The Morgan fingerprint density at radius 2 is 1.87 bits per heavy atom. The maximum absolute atomic E-state index is 13.7.